The molecule has 2 aliphatic rings. The van der Waals surface area contributed by atoms with Crippen LogP contribution in [-0.2, 0) is 11.2 Å². The predicted octanol–water partition coefficient (Wildman–Crippen LogP) is 3.35. The van der Waals surface area contributed by atoms with Gasteiger partial charge in [-0.25, -0.2) is 0 Å². The number of likely N-dealkylation sites (N-methyl/N-ethyl adjacent to an activating group) is 1. The number of fused-ring (bicyclic) bond motifs is 1. The minimum Gasteiger partial charge on any atom is -0.654 e. The molecule has 1 atom stereocenters. The first-order valence-electron chi connectivity index (χ1n) is 9.23. The maximum absolute atomic E-state index is 9.50. The summed E-state index contributed by atoms with van der Waals surface area (Å²) in [5, 5.41) is 11.7. The maximum Gasteiger partial charge on any atom is 0.0991 e. The molecule has 3 rings (SSSR count). The van der Waals surface area contributed by atoms with E-state index in [9.17, 15) is 4.79 Å². The van der Waals surface area contributed by atoms with Gasteiger partial charge < -0.3 is 15.2 Å². The first kappa shape index (κ1) is 23.2. The molecule has 1 N–H and O–H groups in total. The minimum absolute atomic E-state index is 0. The summed E-state index contributed by atoms with van der Waals surface area (Å²) < 4.78 is 0. The number of rotatable bonds is 5. The van der Waals surface area contributed by atoms with Gasteiger partial charge in [0.1, 0.15) is 0 Å². The third kappa shape index (κ3) is 7.34. The van der Waals surface area contributed by atoms with Crippen molar-refractivity contribution in [3.05, 3.63) is 40.7 Å². The molecule has 0 spiro atoms. The molecular weight excluding hydrogens is 441 g/mol. The van der Waals surface area contributed by atoms with Crippen LogP contribution < -0.4 is 0 Å². The second kappa shape index (κ2) is 13.3. The topological polar surface area (TPSA) is 54.6 Å². The van der Waals surface area contributed by atoms with Crippen molar-refractivity contribution >= 4 is 6.29 Å². The van der Waals surface area contributed by atoms with Gasteiger partial charge in [-0.1, -0.05) is 50.1 Å². The summed E-state index contributed by atoms with van der Waals surface area (Å²) in [6.45, 7) is 1.85. The Labute approximate surface area is 185 Å². The average molecular weight is 472 g/mol. The largest absolute Gasteiger partial charge is 0.654 e. The first-order chi connectivity index (χ1) is 11.8. The van der Waals surface area contributed by atoms with Gasteiger partial charge in [0, 0.05) is 60.5 Å². The standard InChI is InChI=1S/C16H23N.C4H8NO2.Pr/c1-17-12-11-13-7-5-6-10-15(13)16(17)14-8-3-2-4-9-14;6-3-1-5-2-4-7;/h5-7,10,14,16H,2-4,8-9,11-12H2,1H3;3,7H,1-2,4H2;/q;-1;. The van der Waals surface area contributed by atoms with Crippen molar-refractivity contribution in [2.24, 2.45) is 5.92 Å². The third-order valence-electron chi connectivity index (χ3n) is 5.14. The van der Waals surface area contributed by atoms with Crippen LogP contribution in [-0.4, -0.2) is 49.6 Å². The number of carbonyl (C=O) groups is 1. The molecule has 0 saturated heterocycles. The summed E-state index contributed by atoms with van der Waals surface area (Å²) in [4.78, 5) is 12.1. The van der Waals surface area contributed by atoms with Gasteiger partial charge >= 0.3 is 0 Å². The van der Waals surface area contributed by atoms with E-state index in [1.54, 1.807) is 11.1 Å². The van der Waals surface area contributed by atoms with E-state index in [-0.39, 0.29) is 54.4 Å². The van der Waals surface area contributed by atoms with Gasteiger partial charge in [-0.05, 0) is 43.4 Å². The fourth-order valence-electron chi connectivity index (χ4n) is 4.00. The van der Waals surface area contributed by atoms with Gasteiger partial charge in [0.15, 0.2) is 0 Å². The summed E-state index contributed by atoms with van der Waals surface area (Å²) >= 11 is 0. The zero-order valence-corrected chi connectivity index (χ0v) is 19.1. The molecule has 137 valence electrons. The van der Waals surface area contributed by atoms with Crippen molar-refractivity contribution in [2.75, 3.05) is 33.3 Å². The molecule has 1 saturated carbocycles. The summed E-state index contributed by atoms with van der Waals surface area (Å²) in [5.41, 5.74) is 3.22. The van der Waals surface area contributed by atoms with Crippen molar-refractivity contribution in [1.29, 1.82) is 0 Å². The van der Waals surface area contributed by atoms with Gasteiger partial charge in [-0.3, -0.25) is 4.90 Å². The zero-order valence-electron chi connectivity index (χ0n) is 15.4. The predicted molar refractivity (Wildman–Crippen MR) is 98.3 cm³/mol. The van der Waals surface area contributed by atoms with E-state index in [1.807, 2.05) is 0 Å². The molecule has 1 aromatic rings. The number of aldehydes is 1. The molecule has 25 heavy (non-hydrogen) atoms. The normalized spacial score (nSPS) is 20.6. The van der Waals surface area contributed by atoms with Crippen LogP contribution in [0.3, 0.4) is 0 Å². The van der Waals surface area contributed by atoms with Gasteiger partial charge in [-0.2, -0.15) is 0 Å². The summed E-state index contributed by atoms with van der Waals surface area (Å²) in [6, 6.07) is 9.80. The molecule has 0 amide bonds. The molecule has 4 nitrogen and oxygen atoms in total. The number of aliphatic hydroxyl groups excluding tert-OH is 1. The quantitative estimate of drug-likeness (QED) is 0.529. The number of nitrogens with zero attached hydrogens (tertiary/aromatic N) is 2. The fraction of sp³-hybridized carbons (Fsp3) is 0.650. The summed E-state index contributed by atoms with van der Waals surface area (Å²) in [5.74, 6) is 0.898. The monoisotopic (exact) mass is 472 g/mol. The Hall–Kier alpha value is 0.134. The van der Waals surface area contributed by atoms with E-state index < -0.39 is 0 Å². The van der Waals surface area contributed by atoms with E-state index >= 15 is 0 Å². The SMILES string of the molecule is CN1CCc2ccccc2C1C1CCCCC1.O=CC[N-]CCO.[Pr]. The van der Waals surface area contributed by atoms with E-state index in [0.29, 0.717) is 18.9 Å². The van der Waals surface area contributed by atoms with Crippen LogP contribution in [0, 0.1) is 47.2 Å². The molecule has 1 heterocycles. The minimum atomic E-state index is 0. The molecule has 0 bridgehead atoms. The molecule has 1 aliphatic heterocycles. The van der Waals surface area contributed by atoms with Crippen molar-refractivity contribution in [3.63, 3.8) is 0 Å². The summed E-state index contributed by atoms with van der Waals surface area (Å²) in [7, 11) is 2.31. The number of carbonyl (C=O) groups excluding carboxylic acids is 1. The Morgan fingerprint density at radius 2 is 1.96 bits per heavy atom. The molecule has 1 unspecified atom stereocenters. The second-order valence-corrected chi connectivity index (χ2v) is 6.79. The number of aliphatic hydroxyl groups is 1. The molecule has 0 aromatic heterocycles. The van der Waals surface area contributed by atoms with Crippen LogP contribution in [0.4, 0.5) is 0 Å². The van der Waals surface area contributed by atoms with Gasteiger partial charge in [-0.15, -0.1) is 6.54 Å². The number of hydrogen-bond acceptors (Lipinski definition) is 3. The van der Waals surface area contributed by atoms with Gasteiger partial charge in [0.2, 0.25) is 0 Å². The molecule has 1 aliphatic carbocycles. The Kier molecular flexibility index (Phi) is 12.4. The summed E-state index contributed by atoms with van der Waals surface area (Å²) in [6.07, 6.45) is 9.14. The van der Waals surface area contributed by atoms with Crippen LogP contribution >= 0.6 is 0 Å². The van der Waals surface area contributed by atoms with Crippen LogP contribution in [0.5, 0.6) is 0 Å². The van der Waals surface area contributed by atoms with Crippen LogP contribution in [0.1, 0.15) is 49.3 Å². The van der Waals surface area contributed by atoms with E-state index in [2.05, 4.69) is 41.5 Å². The Morgan fingerprint density at radius 3 is 2.64 bits per heavy atom. The van der Waals surface area contributed by atoms with Crippen LogP contribution in [0.2, 0.25) is 0 Å². The van der Waals surface area contributed by atoms with E-state index in [1.165, 1.54) is 45.1 Å². The van der Waals surface area contributed by atoms with Crippen molar-refractivity contribution in [3.8, 4) is 0 Å². The zero-order chi connectivity index (χ0) is 17.2. The number of hydrogen-bond donors (Lipinski definition) is 1. The van der Waals surface area contributed by atoms with Crippen molar-refractivity contribution in [2.45, 2.75) is 44.6 Å². The van der Waals surface area contributed by atoms with Gasteiger partial charge in [0.25, 0.3) is 0 Å². The first-order valence-corrected chi connectivity index (χ1v) is 9.23. The Bertz CT molecular complexity index is 492. The van der Waals surface area contributed by atoms with Gasteiger partial charge in [0.05, 0.1) is 6.29 Å². The fourth-order valence-corrected chi connectivity index (χ4v) is 4.00. The smallest absolute Gasteiger partial charge is 0.0991 e. The maximum atomic E-state index is 9.50. The molecule has 1 radical (unpaired) electrons. The Morgan fingerprint density at radius 1 is 1.24 bits per heavy atom. The van der Waals surface area contributed by atoms with Crippen molar-refractivity contribution in [1.82, 2.24) is 4.90 Å². The average Bonchev–Trinajstić information content (AvgIpc) is 2.63. The van der Waals surface area contributed by atoms with E-state index in [0.717, 1.165) is 5.92 Å². The third-order valence-corrected chi connectivity index (χ3v) is 5.14. The molecular formula is C20H31N2O2Pr-. The number of benzene rings is 1. The Balaban J connectivity index is 0.000000339. The second-order valence-electron chi connectivity index (χ2n) is 6.79. The van der Waals surface area contributed by atoms with Crippen LogP contribution in [0.15, 0.2) is 24.3 Å². The van der Waals surface area contributed by atoms with Crippen molar-refractivity contribution < 1.29 is 51.2 Å². The molecule has 1 fully saturated rings. The van der Waals surface area contributed by atoms with Crippen LogP contribution in [0.25, 0.3) is 5.32 Å². The van der Waals surface area contributed by atoms with E-state index in [4.69, 9.17) is 5.11 Å². The molecule has 5 heteroatoms. The molecule has 1 aromatic carbocycles.